The fraction of sp³-hybridized carbons (Fsp3) is 0.368. The number of amides is 1. The number of carbonyl (C=O) groups is 2. The lowest BCUT2D eigenvalue weighted by molar-refractivity contribution is -0.384. The van der Waals surface area contributed by atoms with Crippen molar-refractivity contribution >= 4 is 17.6 Å². The Morgan fingerprint density at radius 1 is 1.26 bits per heavy atom. The van der Waals surface area contributed by atoms with E-state index in [1.54, 1.807) is 4.90 Å². The summed E-state index contributed by atoms with van der Waals surface area (Å²) in [6.07, 6.45) is 1.99. The second-order valence-electron chi connectivity index (χ2n) is 6.33. The van der Waals surface area contributed by atoms with Crippen LogP contribution in [0.25, 0.3) is 0 Å². The molecule has 1 heterocycles. The lowest BCUT2D eigenvalue weighted by atomic mass is 10.1. The Labute approximate surface area is 157 Å². The van der Waals surface area contributed by atoms with Crippen molar-refractivity contribution < 1.29 is 19.2 Å². The summed E-state index contributed by atoms with van der Waals surface area (Å²) >= 11 is 0. The SMILES string of the molecule is CCCN(Cc1ccc(C)cc1)C(=O)COC(=O)c1cc([N+](=O)[O-])cn1C. The number of aromatic nitrogens is 1. The van der Waals surface area contributed by atoms with Gasteiger partial charge in [-0.1, -0.05) is 36.8 Å². The quantitative estimate of drug-likeness (QED) is 0.403. The lowest BCUT2D eigenvalue weighted by Crippen LogP contribution is -2.35. The molecule has 0 N–H and O–H groups in total. The lowest BCUT2D eigenvalue weighted by Gasteiger charge is -2.22. The smallest absolute Gasteiger partial charge is 0.355 e. The molecular formula is C19H23N3O5. The van der Waals surface area contributed by atoms with Crippen LogP contribution in [0.2, 0.25) is 0 Å². The van der Waals surface area contributed by atoms with Crippen LogP contribution < -0.4 is 0 Å². The van der Waals surface area contributed by atoms with Crippen LogP contribution in [0.4, 0.5) is 5.69 Å². The van der Waals surface area contributed by atoms with Gasteiger partial charge in [-0.05, 0) is 18.9 Å². The van der Waals surface area contributed by atoms with Crippen molar-refractivity contribution in [2.24, 2.45) is 7.05 Å². The van der Waals surface area contributed by atoms with Crippen LogP contribution >= 0.6 is 0 Å². The van der Waals surface area contributed by atoms with Crippen molar-refractivity contribution in [1.29, 1.82) is 0 Å². The molecule has 1 aromatic heterocycles. The van der Waals surface area contributed by atoms with Crippen LogP contribution in [0.1, 0.15) is 35.0 Å². The Kier molecular flexibility index (Phi) is 6.70. The molecular weight excluding hydrogens is 350 g/mol. The zero-order valence-corrected chi connectivity index (χ0v) is 15.7. The Bertz CT molecular complexity index is 826. The third-order valence-corrected chi connectivity index (χ3v) is 4.08. The Morgan fingerprint density at radius 2 is 1.93 bits per heavy atom. The molecule has 0 saturated heterocycles. The molecule has 1 amide bonds. The predicted octanol–water partition coefficient (Wildman–Crippen LogP) is 2.84. The van der Waals surface area contributed by atoms with Crippen molar-refractivity contribution in [3.8, 4) is 0 Å². The maximum Gasteiger partial charge on any atom is 0.355 e. The molecule has 2 aromatic rings. The average molecular weight is 373 g/mol. The first-order chi connectivity index (χ1) is 12.8. The number of benzene rings is 1. The number of nitro groups is 1. The zero-order valence-electron chi connectivity index (χ0n) is 15.7. The highest BCUT2D eigenvalue weighted by atomic mass is 16.6. The molecule has 0 aliphatic carbocycles. The van der Waals surface area contributed by atoms with E-state index in [2.05, 4.69) is 0 Å². The van der Waals surface area contributed by atoms with Crippen LogP contribution in [0.5, 0.6) is 0 Å². The second kappa shape index (κ2) is 8.98. The van der Waals surface area contributed by atoms with Crippen LogP contribution in [-0.4, -0.2) is 39.4 Å². The van der Waals surface area contributed by atoms with Gasteiger partial charge in [0.15, 0.2) is 6.61 Å². The summed E-state index contributed by atoms with van der Waals surface area (Å²) in [7, 11) is 1.51. The average Bonchev–Trinajstić information content (AvgIpc) is 3.03. The Morgan fingerprint density at radius 3 is 2.48 bits per heavy atom. The van der Waals surface area contributed by atoms with Gasteiger partial charge in [-0.3, -0.25) is 14.9 Å². The number of nitrogens with zero attached hydrogens (tertiary/aromatic N) is 3. The van der Waals surface area contributed by atoms with Gasteiger partial charge in [-0.15, -0.1) is 0 Å². The monoisotopic (exact) mass is 373 g/mol. The normalized spacial score (nSPS) is 10.5. The summed E-state index contributed by atoms with van der Waals surface area (Å²) in [6.45, 7) is 4.51. The van der Waals surface area contributed by atoms with Crippen molar-refractivity contribution in [3.05, 3.63) is 63.5 Å². The van der Waals surface area contributed by atoms with E-state index in [1.807, 2.05) is 38.1 Å². The van der Waals surface area contributed by atoms with Gasteiger partial charge in [0.1, 0.15) is 5.69 Å². The molecule has 8 nitrogen and oxygen atoms in total. The molecule has 0 radical (unpaired) electrons. The van der Waals surface area contributed by atoms with E-state index in [1.165, 1.54) is 17.8 Å². The highest BCUT2D eigenvalue weighted by Crippen LogP contribution is 2.16. The minimum atomic E-state index is -0.772. The first kappa shape index (κ1) is 20.2. The van der Waals surface area contributed by atoms with Crippen molar-refractivity contribution in [1.82, 2.24) is 9.47 Å². The van der Waals surface area contributed by atoms with Crippen LogP contribution in [0.15, 0.2) is 36.5 Å². The highest BCUT2D eigenvalue weighted by molar-refractivity contribution is 5.90. The van der Waals surface area contributed by atoms with E-state index in [4.69, 9.17) is 4.74 Å². The van der Waals surface area contributed by atoms with Crippen LogP contribution in [-0.2, 0) is 23.1 Å². The Hall–Kier alpha value is -3.16. The summed E-state index contributed by atoms with van der Waals surface area (Å²) in [4.78, 5) is 36.4. The van der Waals surface area contributed by atoms with Gasteiger partial charge in [0.2, 0.25) is 0 Å². The topological polar surface area (TPSA) is 94.7 Å². The van der Waals surface area contributed by atoms with Gasteiger partial charge in [0, 0.05) is 26.2 Å². The highest BCUT2D eigenvalue weighted by Gasteiger charge is 2.21. The minimum absolute atomic E-state index is 0.0232. The largest absolute Gasteiger partial charge is 0.451 e. The molecule has 0 spiro atoms. The number of aryl methyl sites for hydroxylation is 2. The Balaban J connectivity index is 1.99. The number of hydrogen-bond donors (Lipinski definition) is 0. The van der Waals surface area contributed by atoms with Gasteiger partial charge in [0.25, 0.3) is 11.6 Å². The number of rotatable bonds is 8. The van der Waals surface area contributed by atoms with Crippen LogP contribution in [0, 0.1) is 17.0 Å². The molecule has 8 heteroatoms. The standard InChI is InChI=1S/C19H23N3O5/c1-4-9-21(11-15-7-5-14(2)6-8-15)18(23)13-27-19(24)17-10-16(22(25)26)12-20(17)3/h5-8,10,12H,4,9,11,13H2,1-3H3. The maximum absolute atomic E-state index is 12.5. The molecule has 1 aromatic carbocycles. The fourth-order valence-electron chi connectivity index (χ4n) is 2.62. The number of hydrogen-bond acceptors (Lipinski definition) is 5. The molecule has 0 fully saturated rings. The van der Waals surface area contributed by atoms with E-state index in [-0.39, 0.29) is 17.3 Å². The molecule has 27 heavy (non-hydrogen) atoms. The molecule has 0 bridgehead atoms. The molecule has 2 rings (SSSR count). The third kappa shape index (κ3) is 5.40. The van der Waals surface area contributed by atoms with Gasteiger partial charge in [-0.25, -0.2) is 4.79 Å². The van der Waals surface area contributed by atoms with Gasteiger partial charge in [0.05, 0.1) is 11.1 Å². The summed E-state index contributed by atoms with van der Waals surface area (Å²) in [5, 5.41) is 10.8. The summed E-state index contributed by atoms with van der Waals surface area (Å²) < 4.78 is 6.38. The molecule has 0 aliphatic heterocycles. The summed E-state index contributed by atoms with van der Waals surface area (Å²) in [5.41, 5.74) is 1.95. The van der Waals surface area contributed by atoms with Gasteiger partial charge in [-0.2, -0.15) is 0 Å². The number of carbonyl (C=O) groups excluding carboxylic acids is 2. The third-order valence-electron chi connectivity index (χ3n) is 4.08. The van der Waals surface area contributed by atoms with E-state index < -0.39 is 17.5 Å². The van der Waals surface area contributed by atoms with E-state index >= 15 is 0 Å². The number of esters is 1. The van der Waals surface area contributed by atoms with Crippen molar-refractivity contribution in [2.75, 3.05) is 13.2 Å². The molecule has 0 aliphatic rings. The number of ether oxygens (including phenoxy) is 1. The zero-order chi connectivity index (χ0) is 20.0. The minimum Gasteiger partial charge on any atom is -0.451 e. The molecule has 0 saturated carbocycles. The maximum atomic E-state index is 12.5. The van der Waals surface area contributed by atoms with E-state index in [9.17, 15) is 19.7 Å². The van der Waals surface area contributed by atoms with Crippen molar-refractivity contribution in [2.45, 2.75) is 26.8 Å². The summed E-state index contributed by atoms with van der Waals surface area (Å²) in [5.74, 6) is -1.08. The van der Waals surface area contributed by atoms with Crippen LogP contribution in [0.3, 0.4) is 0 Å². The second-order valence-corrected chi connectivity index (χ2v) is 6.33. The fourth-order valence-corrected chi connectivity index (χ4v) is 2.62. The molecule has 0 unspecified atom stereocenters. The molecule has 0 atom stereocenters. The van der Waals surface area contributed by atoms with Gasteiger partial charge < -0.3 is 14.2 Å². The van der Waals surface area contributed by atoms with E-state index in [0.717, 1.165) is 23.6 Å². The predicted molar refractivity (Wildman–Crippen MR) is 99.2 cm³/mol. The first-order valence-corrected chi connectivity index (χ1v) is 8.63. The van der Waals surface area contributed by atoms with Gasteiger partial charge >= 0.3 is 5.97 Å². The van der Waals surface area contributed by atoms with E-state index in [0.29, 0.717) is 13.1 Å². The first-order valence-electron chi connectivity index (χ1n) is 8.63. The summed E-state index contributed by atoms with van der Waals surface area (Å²) in [6, 6.07) is 9.00. The molecule has 144 valence electrons. The van der Waals surface area contributed by atoms with Crippen molar-refractivity contribution in [3.63, 3.8) is 0 Å².